The second-order valence-electron chi connectivity index (χ2n) is 5.70. The normalized spacial score (nSPS) is 11.2. The van der Waals surface area contributed by atoms with E-state index in [4.69, 9.17) is 0 Å². The smallest absolute Gasteiger partial charge is 0.112 e. The van der Waals surface area contributed by atoms with Crippen molar-refractivity contribution in [2.24, 2.45) is 5.92 Å². The number of aryl methyl sites for hydroxylation is 2. The van der Waals surface area contributed by atoms with E-state index in [1.54, 1.807) is 0 Å². The van der Waals surface area contributed by atoms with Gasteiger partial charge in [-0.1, -0.05) is 26.8 Å². The Morgan fingerprint density at radius 2 is 2.10 bits per heavy atom. The summed E-state index contributed by atoms with van der Waals surface area (Å²) in [6.07, 6.45) is 4.85. The number of aromatic nitrogens is 2. The molecule has 0 bridgehead atoms. The highest BCUT2D eigenvalue weighted by atomic mass is 15.1. The number of hydrogen-bond acceptors (Lipinski definition) is 2. The Hall–Kier alpha value is -1.61. The van der Waals surface area contributed by atoms with E-state index in [0.717, 1.165) is 25.3 Å². The fourth-order valence-electron chi connectivity index (χ4n) is 2.35. The molecular formula is C17H25N3. The minimum atomic E-state index is 0.688. The van der Waals surface area contributed by atoms with Crippen LogP contribution >= 0.6 is 0 Å². The van der Waals surface area contributed by atoms with E-state index in [-0.39, 0.29) is 0 Å². The van der Waals surface area contributed by atoms with Crippen LogP contribution in [-0.4, -0.2) is 16.1 Å². The highest BCUT2D eigenvalue weighted by Gasteiger charge is 2.05. The van der Waals surface area contributed by atoms with E-state index in [2.05, 4.69) is 60.8 Å². The molecule has 3 heteroatoms. The average molecular weight is 271 g/mol. The van der Waals surface area contributed by atoms with Gasteiger partial charge in [-0.05, 0) is 42.6 Å². The molecule has 1 heterocycles. The van der Waals surface area contributed by atoms with Gasteiger partial charge in [0, 0.05) is 31.0 Å². The van der Waals surface area contributed by atoms with Crippen LogP contribution in [0.4, 0.5) is 0 Å². The number of nitrogens with zero attached hydrogens (tertiary/aromatic N) is 2. The lowest BCUT2D eigenvalue weighted by Gasteiger charge is -2.12. The second-order valence-corrected chi connectivity index (χ2v) is 5.70. The summed E-state index contributed by atoms with van der Waals surface area (Å²) in [5.74, 6) is 1.79. The predicted molar refractivity (Wildman–Crippen MR) is 84.2 cm³/mol. The molecule has 2 rings (SSSR count). The van der Waals surface area contributed by atoms with Gasteiger partial charge in [0.05, 0.1) is 0 Å². The first-order valence-electron chi connectivity index (χ1n) is 7.44. The largest absolute Gasteiger partial charge is 0.312 e. The molecule has 2 aromatic rings. The molecule has 1 aromatic heterocycles. The van der Waals surface area contributed by atoms with Gasteiger partial charge in [-0.3, -0.25) is 0 Å². The monoisotopic (exact) mass is 271 g/mol. The van der Waals surface area contributed by atoms with Crippen molar-refractivity contribution in [2.45, 2.75) is 40.7 Å². The Bertz CT molecular complexity index is 555. The van der Waals surface area contributed by atoms with Crippen molar-refractivity contribution in [2.75, 3.05) is 6.54 Å². The third kappa shape index (κ3) is 3.48. The molecule has 0 radical (unpaired) electrons. The molecule has 0 fully saturated rings. The Morgan fingerprint density at radius 1 is 1.30 bits per heavy atom. The van der Waals surface area contributed by atoms with E-state index in [9.17, 15) is 0 Å². The molecule has 3 nitrogen and oxygen atoms in total. The number of hydrogen-bond donors (Lipinski definition) is 1. The highest BCUT2D eigenvalue weighted by molar-refractivity contribution is 5.41. The standard InChI is InChI=1S/C17H25N3/c1-5-17-19-8-9-20(17)16-7-6-15(14(4)10-16)12-18-11-13(2)3/h6-10,13,18H,5,11-12H2,1-4H3. The molecular weight excluding hydrogens is 246 g/mol. The van der Waals surface area contributed by atoms with Gasteiger partial charge in [0.25, 0.3) is 0 Å². The molecule has 0 aliphatic carbocycles. The van der Waals surface area contributed by atoms with Crippen LogP contribution in [0.5, 0.6) is 0 Å². The van der Waals surface area contributed by atoms with Gasteiger partial charge in [0.1, 0.15) is 5.82 Å². The Balaban J connectivity index is 2.13. The molecule has 0 aliphatic heterocycles. The van der Waals surface area contributed by atoms with Crippen molar-refractivity contribution < 1.29 is 0 Å². The summed E-state index contributed by atoms with van der Waals surface area (Å²) in [6.45, 7) is 10.8. The van der Waals surface area contributed by atoms with Gasteiger partial charge in [0.15, 0.2) is 0 Å². The van der Waals surface area contributed by atoms with E-state index in [1.165, 1.54) is 16.8 Å². The lowest BCUT2D eigenvalue weighted by Crippen LogP contribution is -2.19. The summed E-state index contributed by atoms with van der Waals surface area (Å²) in [4.78, 5) is 4.38. The Labute approximate surface area is 122 Å². The Kier molecular flexibility index (Phi) is 4.96. The van der Waals surface area contributed by atoms with Crippen LogP contribution in [0.3, 0.4) is 0 Å². The van der Waals surface area contributed by atoms with E-state index in [1.807, 2.05) is 12.4 Å². The van der Waals surface area contributed by atoms with E-state index < -0.39 is 0 Å². The summed E-state index contributed by atoms with van der Waals surface area (Å²) in [6, 6.07) is 6.64. The third-order valence-electron chi connectivity index (χ3n) is 3.51. The Morgan fingerprint density at radius 3 is 2.75 bits per heavy atom. The van der Waals surface area contributed by atoms with Gasteiger partial charge >= 0.3 is 0 Å². The van der Waals surface area contributed by atoms with Crippen molar-refractivity contribution in [3.8, 4) is 5.69 Å². The fourth-order valence-corrected chi connectivity index (χ4v) is 2.35. The summed E-state index contributed by atoms with van der Waals surface area (Å²) in [5.41, 5.74) is 3.89. The second kappa shape index (κ2) is 6.71. The topological polar surface area (TPSA) is 29.9 Å². The van der Waals surface area contributed by atoms with Crippen LogP contribution in [0.1, 0.15) is 37.7 Å². The molecule has 0 saturated heterocycles. The van der Waals surface area contributed by atoms with E-state index in [0.29, 0.717) is 5.92 Å². The maximum atomic E-state index is 4.38. The van der Waals surface area contributed by atoms with Gasteiger partial charge in [-0.25, -0.2) is 4.98 Å². The summed E-state index contributed by atoms with van der Waals surface area (Å²) in [7, 11) is 0. The molecule has 20 heavy (non-hydrogen) atoms. The molecule has 0 atom stereocenters. The average Bonchev–Trinajstić information content (AvgIpc) is 2.88. The quantitative estimate of drug-likeness (QED) is 0.871. The summed E-state index contributed by atoms with van der Waals surface area (Å²) < 4.78 is 2.17. The molecule has 0 aliphatic rings. The highest BCUT2D eigenvalue weighted by Crippen LogP contribution is 2.16. The molecule has 1 N–H and O–H groups in total. The van der Waals surface area contributed by atoms with Crippen molar-refractivity contribution in [1.29, 1.82) is 0 Å². The maximum absolute atomic E-state index is 4.38. The first-order valence-corrected chi connectivity index (χ1v) is 7.44. The van der Waals surface area contributed by atoms with Crippen LogP contribution in [0.15, 0.2) is 30.6 Å². The lowest BCUT2D eigenvalue weighted by atomic mass is 10.1. The van der Waals surface area contributed by atoms with Crippen LogP contribution in [0.2, 0.25) is 0 Å². The minimum absolute atomic E-state index is 0.688. The number of imidazole rings is 1. The SMILES string of the molecule is CCc1nccn1-c1ccc(CNCC(C)C)c(C)c1. The molecule has 108 valence electrons. The van der Waals surface area contributed by atoms with Gasteiger partial charge in [-0.2, -0.15) is 0 Å². The molecule has 0 spiro atoms. The van der Waals surface area contributed by atoms with Crippen molar-refractivity contribution in [3.05, 3.63) is 47.5 Å². The minimum Gasteiger partial charge on any atom is -0.312 e. The van der Waals surface area contributed by atoms with Gasteiger partial charge in [0.2, 0.25) is 0 Å². The van der Waals surface area contributed by atoms with Crippen molar-refractivity contribution >= 4 is 0 Å². The van der Waals surface area contributed by atoms with Gasteiger partial charge in [-0.15, -0.1) is 0 Å². The van der Waals surface area contributed by atoms with Gasteiger partial charge < -0.3 is 9.88 Å². The third-order valence-corrected chi connectivity index (χ3v) is 3.51. The number of nitrogens with one attached hydrogen (secondary N) is 1. The van der Waals surface area contributed by atoms with E-state index >= 15 is 0 Å². The van der Waals surface area contributed by atoms with Crippen molar-refractivity contribution in [1.82, 2.24) is 14.9 Å². The van der Waals surface area contributed by atoms with Crippen LogP contribution in [0.25, 0.3) is 5.69 Å². The molecule has 1 aromatic carbocycles. The maximum Gasteiger partial charge on any atom is 0.112 e. The molecule has 0 saturated carbocycles. The zero-order valence-corrected chi connectivity index (χ0v) is 13.0. The van der Waals surface area contributed by atoms with Crippen LogP contribution < -0.4 is 5.32 Å². The summed E-state index contributed by atoms with van der Waals surface area (Å²) in [5, 5.41) is 3.50. The first kappa shape index (κ1) is 14.8. The van der Waals surface area contributed by atoms with Crippen LogP contribution in [-0.2, 0) is 13.0 Å². The number of rotatable bonds is 6. The van der Waals surface area contributed by atoms with Crippen molar-refractivity contribution in [3.63, 3.8) is 0 Å². The summed E-state index contributed by atoms with van der Waals surface area (Å²) >= 11 is 0. The lowest BCUT2D eigenvalue weighted by molar-refractivity contribution is 0.551. The predicted octanol–water partition coefficient (Wildman–Crippen LogP) is 3.49. The molecule has 0 unspecified atom stereocenters. The number of benzene rings is 1. The van der Waals surface area contributed by atoms with Crippen LogP contribution in [0, 0.1) is 12.8 Å². The first-order chi connectivity index (χ1) is 9.61. The molecule has 0 amide bonds. The fraction of sp³-hybridized carbons (Fsp3) is 0.471. The zero-order chi connectivity index (χ0) is 14.5. The zero-order valence-electron chi connectivity index (χ0n) is 13.0.